The first kappa shape index (κ1) is 13.1. The molecule has 2 rings (SSSR count). The molecule has 3 nitrogen and oxygen atoms in total. The lowest BCUT2D eigenvalue weighted by atomic mass is 10.1. The van der Waals surface area contributed by atoms with Crippen LogP contribution in [0.5, 0.6) is 0 Å². The molecule has 0 spiro atoms. The summed E-state index contributed by atoms with van der Waals surface area (Å²) in [7, 11) is 0. The van der Waals surface area contributed by atoms with Crippen LogP contribution in [0.15, 0.2) is 28.7 Å². The van der Waals surface area contributed by atoms with Crippen molar-refractivity contribution >= 4 is 11.0 Å². The van der Waals surface area contributed by atoms with Gasteiger partial charge >= 0.3 is 0 Å². The van der Waals surface area contributed by atoms with Crippen molar-refractivity contribution in [1.29, 1.82) is 0 Å². The summed E-state index contributed by atoms with van der Waals surface area (Å²) in [6.45, 7) is 7.76. The lowest BCUT2D eigenvalue weighted by molar-refractivity contribution is 0.149. The van der Waals surface area contributed by atoms with Crippen LogP contribution in [0, 0.1) is 12.8 Å². The van der Waals surface area contributed by atoms with Gasteiger partial charge in [0.05, 0.1) is 0 Å². The van der Waals surface area contributed by atoms with Crippen molar-refractivity contribution in [1.82, 2.24) is 5.32 Å². The van der Waals surface area contributed by atoms with E-state index in [0.29, 0.717) is 18.2 Å². The molecule has 0 aliphatic rings. The molecule has 2 N–H and O–H groups in total. The van der Waals surface area contributed by atoms with E-state index in [2.05, 4.69) is 25.2 Å². The van der Waals surface area contributed by atoms with Crippen LogP contribution in [0.2, 0.25) is 0 Å². The highest BCUT2D eigenvalue weighted by Crippen LogP contribution is 2.24. The van der Waals surface area contributed by atoms with E-state index in [9.17, 15) is 5.11 Å². The van der Waals surface area contributed by atoms with Crippen LogP contribution in [0.25, 0.3) is 11.0 Å². The Bertz CT molecular complexity index is 516. The number of fused-ring (bicyclic) bond motifs is 1. The minimum atomic E-state index is -0.587. The number of hydrogen-bond donors (Lipinski definition) is 2. The van der Waals surface area contributed by atoms with Crippen molar-refractivity contribution in [3.05, 3.63) is 35.6 Å². The first-order valence-corrected chi connectivity index (χ1v) is 6.45. The van der Waals surface area contributed by atoms with E-state index >= 15 is 0 Å². The number of aryl methyl sites for hydroxylation is 1. The monoisotopic (exact) mass is 247 g/mol. The molecule has 3 heteroatoms. The van der Waals surface area contributed by atoms with E-state index < -0.39 is 6.10 Å². The molecule has 0 aliphatic carbocycles. The third kappa shape index (κ3) is 3.12. The number of nitrogens with one attached hydrogen (secondary N) is 1. The van der Waals surface area contributed by atoms with Gasteiger partial charge in [0, 0.05) is 11.9 Å². The number of hydrogen-bond acceptors (Lipinski definition) is 3. The number of aliphatic hydroxyl groups is 1. The summed E-state index contributed by atoms with van der Waals surface area (Å²) in [5, 5.41) is 14.3. The fraction of sp³-hybridized carbons (Fsp3) is 0.467. The summed E-state index contributed by atoms with van der Waals surface area (Å²) in [5.74, 6) is 1.21. The quantitative estimate of drug-likeness (QED) is 0.853. The smallest absolute Gasteiger partial charge is 0.135 e. The van der Waals surface area contributed by atoms with E-state index in [1.54, 1.807) is 0 Å². The van der Waals surface area contributed by atoms with E-state index in [1.807, 2.05) is 25.1 Å². The standard InChI is InChI=1S/C15H21NO2/c1-10(2)8-16-9-13(17)15-7-12-6-11(3)4-5-14(12)18-15/h4-7,10,13,16-17H,8-9H2,1-3H3. The van der Waals surface area contributed by atoms with Gasteiger partial charge in [0.2, 0.25) is 0 Å². The molecule has 2 aromatic rings. The normalized spacial score (nSPS) is 13.4. The second kappa shape index (κ2) is 5.55. The predicted octanol–water partition coefficient (Wildman–Crippen LogP) is 3.02. The number of furan rings is 1. The van der Waals surface area contributed by atoms with Gasteiger partial charge in [-0.3, -0.25) is 0 Å². The van der Waals surface area contributed by atoms with E-state index in [1.165, 1.54) is 5.56 Å². The third-order valence-corrected chi connectivity index (χ3v) is 2.91. The molecule has 1 aromatic heterocycles. The predicted molar refractivity (Wildman–Crippen MR) is 73.6 cm³/mol. The molecule has 1 atom stereocenters. The first-order chi connectivity index (χ1) is 8.56. The van der Waals surface area contributed by atoms with Crippen LogP contribution in [0.4, 0.5) is 0 Å². The summed E-state index contributed by atoms with van der Waals surface area (Å²) in [6, 6.07) is 7.95. The highest BCUT2D eigenvalue weighted by Gasteiger charge is 2.13. The Labute approximate surface area is 108 Å². The van der Waals surface area contributed by atoms with Crippen LogP contribution >= 0.6 is 0 Å². The lowest BCUT2D eigenvalue weighted by Gasteiger charge is -2.10. The van der Waals surface area contributed by atoms with Crippen molar-refractivity contribution in [3.63, 3.8) is 0 Å². The number of benzene rings is 1. The fourth-order valence-electron chi connectivity index (χ4n) is 1.96. The Balaban J connectivity index is 2.06. The minimum Gasteiger partial charge on any atom is -0.458 e. The van der Waals surface area contributed by atoms with Gasteiger partial charge in [-0.05, 0) is 37.6 Å². The molecular formula is C15H21NO2. The van der Waals surface area contributed by atoms with Gasteiger partial charge in [-0.1, -0.05) is 25.5 Å². The SMILES string of the molecule is Cc1ccc2oc(C(O)CNCC(C)C)cc2c1. The maximum Gasteiger partial charge on any atom is 0.135 e. The Morgan fingerprint density at radius 1 is 1.22 bits per heavy atom. The van der Waals surface area contributed by atoms with Crippen LogP contribution < -0.4 is 5.32 Å². The molecule has 0 aliphatic heterocycles. The van der Waals surface area contributed by atoms with Gasteiger partial charge in [0.1, 0.15) is 17.4 Å². The van der Waals surface area contributed by atoms with Crippen molar-refractivity contribution in [2.75, 3.05) is 13.1 Å². The maximum absolute atomic E-state index is 10.0. The second-order valence-corrected chi connectivity index (χ2v) is 5.26. The average molecular weight is 247 g/mol. The highest BCUT2D eigenvalue weighted by atomic mass is 16.4. The van der Waals surface area contributed by atoms with Crippen molar-refractivity contribution in [3.8, 4) is 0 Å². The summed E-state index contributed by atoms with van der Waals surface area (Å²) in [5.41, 5.74) is 2.03. The van der Waals surface area contributed by atoms with Gasteiger partial charge in [-0.2, -0.15) is 0 Å². The van der Waals surface area contributed by atoms with Crippen LogP contribution in [0.3, 0.4) is 0 Å². The summed E-state index contributed by atoms with van der Waals surface area (Å²) >= 11 is 0. The van der Waals surface area contributed by atoms with Crippen molar-refractivity contribution in [2.45, 2.75) is 26.9 Å². The Hall–Kier alpha value is -1.32. The molecule has 98 valence electrons. The van der Waals surface area contributed by atoms with E-state index in [0.717, 1.165) is 17.5 Å². The zero-order chi connectivity index (χ0) is 13.1. The lowest BCUT2D eigenvalue weighted by Crippen LogP contribution is -2.25. The van der Waals surface area contributed by atoms with Gasteiger partial charge in [-0.25, -0.2) is 0 Å². The van der Waals surface area contributed by atoms with Crippen molar-refractivity contribution in [2.24, 2.45) is 5.92 Å². The largest absolute Gasteiger partial charge is 0.458 e. The Kier molecular flexibility index (Phi) is 4.04. The zero-order valence-electron chi connectivity index (χ0n) is 11.2. The van der Waals surface area contributed by atoms with E-state index in [-0.39, 0.29) is 0 Å². The minimum absolute atomic E-state index is 0.525. The number of rotatable bonds is 5. The van der Waals surface area contributed by atoms with Gasteiger partial charge in [0.15, 0.2) is 0 Å². The number of aliphatic hydroxyl groups excluding tert-OH is 1. The molecule has 0 amide bonds. The van der Waals surface area contributed by atoms with Crippen LogP contribution in [0.1, 0.15) is 31.3 Å². The summed E-state index contributed by atoms with van der Waals surface area (Å²) in [4.78, 5) is 0. The molecule has 0 saturated heterocycles. The summed E-state index contributed by atoms with van der Waals surface area (Å²) < 4.78 is 5.65. The Morgan fingerprint density at radius 3 is 2.72 bits per heavy atom. The fourth-order valence-corrected chi connectivity index (χ4v) is 1.96. The highest BCUT2D eigenvalue weighted by molar-refractivity contribution is 5.78. The molecule has 1 unspecified atom stereocenters. The molecule has 0 fully saturated rings. The van der Waals surface area contributed by atoms with Gasteiger partial charge in [0.25, 0.3) is 0 Å². The average Bonchev–Trinajstić information content (AvgIpc) is 2.71. The Morgan fingerprint density at radius 2 is 2.00 bits per heavy atom. The first-order valence-electron chi connectivity index (χ1n) is 6.45. The molecular weight excluding hydrogens is 226 g/mol. The van der Waals surface area contributed by atoms with Crippen LogP contribution in [-0.2, 0) is 0 Å². The molecule has 18 heavy (non-hydrogen) atoms. The topological polar surface area (TPSA) is 45.4 Å². The molecule has 1 heterocycles. The van der Waals surface area contributed by atoms with Gasteiger partial charge < -0.3 is 14.8 Å². The van der Waals surface area contributed by atoms with Gasteiger partial charge in [-0.15, -0.1) is 0 Å². The second-order valence-electron chi connectivity index (χ2n) is 5.26. The van der Waals surface area contributed by atoms with Crippen molar-refractivity contribution < 1.29 is 9.52 Å². The molecule has 1 aromatic carbocycles. The summed E-state index contributed by atoms with van der Waals surface area (Å²) in [6.07, 6.45) is -0.587. The molecule has 0 radical (unpaired) electrons. The zero-order valence-corrected chi connectivity index (χ0v) is 11.2. The van der Waals surface area contributed by atoms with E-state index in [4.69, 9.17) is 4.42 Å². The maximum atomic E-state index is 10.0. The van der Waals surface area contributed by atoms with Crippen LogP contribution in [-0.4, -0.2) is 18.2 Å². The molecule has 0 bridgehead atoms. The third-order valence-electron chi connectivity index (χ3n) is 2.91. The molecule has 0 saturated carbocycles.